The van der Waals surface area contributed by atoms with Gasteiger partial charge in [-0.15, -0.1) is 12.4 Å². The number of halogens is 1. The Hall–Kier alpha value is -1.26. The smallest absolute Gasteiger partial charge is 0.223 e. The summed E-state index contributed by atoms with van der Waals surface area (Å²) in [6.45, 7) is 3.98. The molecule has 0 saturated carbocycles. The molecule has 0 bridgehead atoms. The Bertz CT molecular complexity index is 430. The third-order valence-electron chi connectivity index (χ3n) is 3.95. The van der Waals surface area contributed by atoms with Crippen molar-refractivity contribution in [3.63, 3.8) is 0 Å². The highest BCUT2D eigenvalue weighted by Crippen LogP contribution is 2.21. The van der Waals surface area contributed by atoms with E-state index in [1.54, 1.807) is 7.11 Å². The second-order valence-electron chi connectivity index (χ2n) is 5.27. The van der Waals surface area contributed by atoms with Crippen molar-refractivity contribution in [2.75, 3.05) is 20.2 Å². The summed E-state index contributed by atoms with van der Waals surface area (Å²) >= 11 is 0. The maximum atomic E-state index is 12.3. The molecule has 0 aromatic heterocycles. The van der Waals surface area contributed by atoms with Crippen LogP contribution in [0.3, 0.4) is 0 Å². The Morgan fingerprint density at radius 3 is 2.48 bits per heavy atom. The van der Waals surface area contributed by atoms with Crippen LogP contribution >= 0.6 is 12.4 Å². The molecule has 1 saturated heterocycles. The quantitative estimate of drug-likeness (QED) is 0.879. The standard InChI is InChI=1S/C16H24N2O2.ClH/c1-3-15(12-4-6-14(20-2)7-5-12)18-16(19)13-8-10-17-11-9-13;/h4-7,13,15,17H,3,8-11H2,1-2H3,(H,18,19);1H. The highest BCUT2D eigenvalue weighted by Gasteiger charge is 2.23. The number of carbonyl (C=O) groups is 1. The zero-order valence-corrected chi connectivity index (χ0v) is 13.5. The van der Waals surface area contributed by atoms with Crippen molar-refractivity contribution in [2.24, 2.45) is 5.92 Å². The Labute approximate surface area is 133 Å². The van der Waals surface area contributed by atoms with Crippen LogP contribution in [0.25, 0.3) is 0 Å². The number of amides is 1. The molecule has 1 aromatic rings. The Kier molecular flexibility index (Phi) is 7.54. The zero-order chi connectivity index (χ0) is 14.4. The molecular weight excluding hydrogens is 288 g/mol. The summed E-state index contributed by atoms with van der Waals surface area (Å²) in [6, 6.07) is 8.01. The number of rotatable bonds is 5. The minimum atomic E-state index is 0. The molecule has 118 valence electrons. The van der Waals surface area contributed by atoms with E-state index in [0.29, 0.717) is 0 Å². The zero-order valence-electron chi connectivity index (χ0n) is 12.7. The largest absolute Gasteiger partial charge is 0.497 e. The van der Waals surface area contributed by atoms with E-state index < -0.39 is 0 Å². The van der Waals surface area contributed by atoms with Gasteiger partial charge in [0.1, 0.15) is 5.75 Å². The molecule has 2 N–H and O–H groups in total. The van der Waals surface area contributed by atoms with E-state index in [0.717, 1.165) is 43.7 Å². The van der Waals surface area contributed by atoms with Crippen LogP contribution < -0.4 is 15.4 Å². The molecule has 1 aliphatic rings. The van der Waals surface area contributed by atoms with Gasteiger partial charge < -0.3 is 15.4 Å². The van der Waals surface area contributed by atoms with Crippen molar-refractivity contribution in [1.29, 1.82) is 0 Å². The molecule has 1 unspecified atom stereocenters. The molecule has 1 fully saturated rings. The Morgan fingerprint density at radius 1 is 1.33 bits per heavy atom. The first-order valence-electron chi connectivity index (χ1n) is 7.39. The Morgan fingerprint density at radius 2 is 1.95 bits per heavy atom. The van der Waals surface area contributed by atoms with Crippen LogP contribution in [-0.2, 0) is 4.79 Å². The summed E-state index contributed by atoms with van der Waals surface area (Å²) < 4.78 is 5.16. The summed E-state index contributed by atoms with van der Waals surface area (Å²) in [4.78, 5) is 12.3. The predicted molar refractivity (Wildman–Crippen MR) is 87.0 cm³/mol. The van der Waals surface area contributed by atoms with E-state index in [1.165, 1.54) is 0 Å². The normalized spacial score (nSPS) is 16.7. The van der Waals surface area contributed by atoms with Gasteiger partial charge >= 0.3 is 0 Å². The number of nitrogens with one attached hydrogen (secondary N) is 2. The summed E-state index contributed by atoms with van der Waals surface area (Å²) in [5.41, 5.74) is 1.13. The molecule has 0 aliphatic carbocycles. The monoisotopic (exact) mass is 312 g/mol. The summed E-state index contributed by atoms with van der Waals surface area (Å²) in [7, 11) is 1.66. The molecule has 0 radical (unpaired) electrons. The van der Waals surface area contributed by atoms with Crippen LogP contribution in [0, 0.1) is 5.92 Å². The number of benzene rings is 1. The van der Waals surface area contributed by atoms with Crippen molar-refractivity contribution in [3.05, 3.63) is 29.8 Å². The highest BCUT2D eigenvalue weighted by molar-refractivity contribution is 5.85. The van der Waals surface area contributed by atoms with Gasteiger partial charge in [0.15, 0.2) is 0 Å². The van der Waals surface area contributed by atoms with Crippen LogP contribution in [0.4, 0.5) is 0 Å². The van der Waals surface area contributed by atoms with Crippen molar-refractivity contribution >= 4 is 18.3 Å². The molecule has 2 rings (SSSR count). The van der Waals surface area contributed by atoms with Crippen LogP contribution in [0.5, 0.6) is 5.75 Å². The predicted octanol–water partition coefficient (Wildman–Crippen LogP) is 2.68. The van der Waals surface area contributed by atoms with Gasteiger partial charge in [0.05, 0.1) is 13.2 Å². The lowest BCUT2D eigenvalue weighted by Crippen LogP contribution is -2.39. The first kappa shape index (κ1) is 17.8. The van der Waals surface area contributed by atoms with E-state index in [1.807, 2.05) is 24.3 Å². The van der Waals surface area contributed by atoms with E-state index in [-0.39, 0.29) is 30.3 Å². The molecule has 21 heavy (non-hydrogen) atoms. The number of piperidine rings is 1. The van der Waals surface area contributed by atoms with Gasteiger partial charge in [0.2, 0.25) is 5.91 Å². The summed E-state index contributed by atoms with van der Waals surface area (Å²) in [6.07, 6.45) is 2.76. The molecule has 4 nitrogen and oxygen atoms in total. The van der Waals surface area contributed by atoms with Crippen LogP contribution in [0.15, 0.2) is 24.3 Å². The van der Waals surface area contributed by atoms with E-state index >= 15 is 0 Å². The fraction of sp³-hybridized carbons (Fsp3) is 0.562. The SMILES string of the molecule is CCC(NC(=O)C1CCNCC1)c1ccc(OC)cc1.Cl. The number of carbonyl (C=O) groups excluding carboxylic acids is 1. The van der Waals surface area contributed by atoms with E-state index in [9.17, 15) is 4.79 Å². The lowest BCUT2D eigenvalue weighted by Gasteiger charge is -2.25. The van der Waals surface area contributed by atoms with Crippen LogP contribution in [-0.4, -0.2) is 26.1 Å². The van der Waals surface area contributed by atoms with Crippen LogP contribution in [0.1, 0.15) is 37.8 Å². The number of methoxy groups -OCH3 is 1. The average molecular weight is 313 g/mol. The minimum absolute atomic E-state index is 0. The maximum absolute atomic E-state index is 12.3. The molecule has 1 aromatic carbocycles. The summed E-state index contributed by atoms with van der Waals surface area (Å²) in [5, 5.41) is 6.47. The van der Waals surface area contributed by atoms with E-state index in [4.69, 9.17) is 4.74 Å². The second-order valence-corrected chi connectivity index (χ2v) is 5.27. The van der Waals surface area contributed by atoms with Gasteiger partial charge in [-0.3, -0.25) is 4.79 Å². The molecule has 1 atom stereocenters. The third kappa shape index (κ3) is 4.90. The molecule has 5 heteroatoms. The van der Waals surface area contributed by atoms with Crippen molar-refractivity contribution in [1.82, 2.24) is 10.6 Å². The fourth-order valence-corrected chi connectivity index (χ4v) is 2.63. The average Bonchev–Trinajstić information content (AvgIpc) is 2.53. The van der Waals surface area contributed by atoms with Gasteiger partial charge in [0.25, 0.3) is 0 Å². The number of ether oxygens (including phenoxy) is 1. The maximum Gasteiger partial charge on any atom is 0.223 e. The lowest BCUT2D eigenvalue weighted by molar-refractivity contribution is -0.126. The minimum Gasteiger partial charge on any atom is -0.497 e. The lowest BCUT2D eigenvalue weighted by atomic mass is 9.96. The highest BCUT2D eigenvalue weighted by atomic mass is 35.5. The molecule has 1 amide bonds. The van der Waals surface area contributed by atoms with Gasteiger partial charge in [-0.25, -0.2) is 0 Å². The first-order chi connectivity index (χ1) is 9.74. The van der Waals surface area contributed by atoms with Gasteiger partial charge in [0, 0.05) is 5.92 Å². The number of hydrogen-bond acceptors (Lipinski definition) is 3. The van der Waals surface area contributed by atoms with Crippen LogP contribution in [0.2, 0.25) is 0 Å². The fourth-order valence-electron chi connectivity index (χ4n) is 2.63. The van der Waals surface area contributed by atoms with E-state index in [2.05, 4.69) is 17.6 Å². The molecule has 1 aliphatic heterocycles. The second kappa shape index (κ2) is 8.90. The molecular formula is C16H25ClN2O2. The summed E-state index contributed by atoms with van der Waals surface area (Å²) in [5.74, 6) is 1.19. The first-order valence-corrected chi connectivity index (χ1v) is 7.39. The van der Waals surface area contributed by atoms with Crippen molar-refractivity contribution in [3.8, 4) is 5.75 Å². The van der Waals surface area contributed by atoms with Gasteiger partial charge in [-0.1, -0.05) is 19.1 Å². The molecule has 0 spiro atoms. The van der Waals surface area contributed by atoms with Crippen molar-refractivity contribution < 1.29 is 9.53 Å². The molecule has 1 heterocycles. The third-order valence-corrected chi connectivity index (χ3v) is 3.95. The number of hydrogen-bond donors (Lipinski definition) is 2. The Balaban J connectivity index is 0.00000220. The van der Waals surface area contributed by atoms with Gasteiger partial charge in [-0.05, 0) is 50.0 Å². The van der Waals surface area contributed by atoms with Gasteiger partial charge in [-0.2, -0.15) is 0 Å². The van der Waals surface area contributed by atoms with Crippen molar-refractivity contribution in [2.45, 2.75) is 32.2 Å². The topological polar surface area (TPSA) is 50.4 Å².